The third-order valence-electron chi connectivity index (χ3n) is 3.13. The molecule has 1 rings (SSSR count). The molecule has 0 saturated carbocycles. The van der Waals surface area contributed by atoms with E-state index in [1.165, 1.54) is 20.6 Å². The third kappa shape index (κ3) is 2.68. The number of hydrogen-bond acceptors (Lipinski definition) is 4. The summed E-state index contributed by atoms with van der Waals surface area (Å²) in [6, 6.07) is 0. The zero-order valence-electron chi connectivity index (χ0n) is 10.7. The molecule has 0 spiro atoms. The second-order valence-corrected chi connectivity index (χ2v) is 4.27. The molecule has 17 heavy (non-hydrogen) atoms. The molecule has 0 atom stereocenters. The summed E-state index contributed by atoms with van der Waals surface area (Å²) in [5, 5.41) is 0. The Labute approximate surface area is 102 Å². The van der Waals surface area contributed by atoms with E-state index >= 15 is 0 Å². The van der Waals surface area contributed by atoms with Gasteiger partial charge in [-0.1, -0.05) is 32.3 Å². The van der Waals surface area contributed by atoms with Crippen molar-refractivity contribution in [2.75, 3.05) is 14.2 Å². The molecular weight excluding hydrogens is 220 g/mol. The largest absolute Gasteiger partial charge is 0.468 e. The van der Waals surface area contributed by atoms with Crippen molar-refractivity contribution in [2.24, 2.45) is 5.41 Å². The minimum atomic E-state index is -1.20. The topological polar surface area (TPSA) is 52.6 Å². The smallest absolute Gasteiger partial charge is 0.331 e. The number of esters is 2. The molecule has 0 aromatic rings. The Morgan fingerprint density at radius 3 is 2.18 bits per heavy atom. The van der Waals surface area contributed by atoms with Crippen LogP contribution in [0.1, 0.15) is 39.0 Å². The van der Waals surface area contributed by atoms with E-state index in [-0.39, 0.29) is 0 Å². The van der Waals surface area contributed by atoms with Crippen LogP contribution in [0.25, 0.3) is 0 Å². The van der Waals surface area contributed by atoms with Crippen LogP contribution < -0.4 is 0 Å². The number of unbranched alkanes of at least 4 members (excludes halogenated alkanes) is 3. The standard InChI is InChI=1S/C13H20O4/c1-4-5-6-7-8-10-9-13(10,11(14)16-2)12(15)17-3/h9H,4-8H2,1-3H3. The van der Waals surface area contributed by atoms with Crippen LogP contribution in [0.2, 0.25) is 0 Å². The Morgan fingerprint density at radius 1 is 1.12 bits per heavy atom. The second kappa shape index (κ2) is 5.84. The Morgan fingerprint density at radius 2 is 1.71 bits per heavy atom. The molecule has 0 bridgehead atoms. The van der Waals surface area contributed by atoms with E-state index < -0.39 is 17.4 Å². The molecule has 0 aliphatic heterocycles. The molecule has 0 saturated heterocycles. The highest BCUT2D eigenvalue weighted by Crippen LogP contribution is 2.49. The van der Waals surface area contributed by atoms with Crippen molar-refractivity contribution in [3.63, 3.8) is 0 Å². The van der Waals surface area contributed by atoms with Crippen molar-refractivity contribution in [1.82, 2.24) is 0 Å². The van der Waals surface area contributed by atoms with Crippen LogP contribution in [0.3, 0.4) is 0 Å². The molecule has 0 amide bonds. The lowest BCUT2D eigenvalue weighted by molar-refractivity contribution is -0.159. The molecule has 0 heterocycles. The zero-order chi connectivity index (χ0) is 12.9. The minimum Gasteiger partial charge on any atom is -0.468 e. The molecule has 0 radical (unpaired) electrons. The van der Waals surface area contributed by atoms with Gasteiger partial charge in [-0.15, -0.1) is 0 Å². The van der Waals surface area contributed by atoms with Gasteiger partial charge in [0.1, 0.15) is 0 Å². The first-order valence-electron chi connectivity index (χ1n) is 6.02. The van der Waals surface area contributed by atoms with Crippen LogP contribution in [0.15, 0.2) is 11.6 Å². The summed E-state index contributed by atoms with van der Waals surface area (Å²) < 4.78 is 9.33. The molecule has 4 nitrogen and oxygen atoms in total. The summed E-state index contributed by atoms with van der Waals surface area (Å²) in [4.78, 5) is 23.2. The van der Waals surface area contributed by atoms with Crippen LogP contribution in [0.4, 0.5) is 0 Å². The lowest BCUT2D eigenvalue weighted by atomic mass is 9.97. The van der Waals surface area contributed by atoms with Gasteiger partial charge in [-0.05, 0) is 18.4 Å². The van der Waals surface area contributed by atoms with Crippen LogP contribution in [-0.4, -0.2) is 26.2 Å². The van der Waals surface area contributed by atoms with Crippen molar-refractivity contribution in [1.29, 1.82) is 0 Å². The van der Waals surface area contributed by atoms with Crippen molar-refractivity contribution in [3.8, 4) is 0 Å². The average molecular weight is 240 g/mol. The molecule has 0 unspecified atom stereocenters. The predicted molar refractivity (Wildman–Crippen MR) is 63.3 cm³/mol. The van der Waals surface area contributed by atoms with Crippen LogP contribution in [-0.2, 0) is 19.1 Å². The SMILES string of the molecule is CCCCCCC1=CC1(C(=O)OC)C(=O)OC. The summed E-state index contributed by atoms with van der Waals surface area (Å²) in [6.07, 6.45) is 6.89. The fourth-order valence-corrected chi connectivity index (χ4v) is 2.02. The van der Waals surface area contributed by atoms with E-state index in [2.05, 4.69) is 16.4 Å². The number of rotatable bonds is 7. The molecular formula is C13H20O4. The average Bonchev–Trinajstić information content (AvgIpc) is 3.08. The van der Waals surface area contributed by atoms with Gasteiger partial charge in [-0.2, -0.15) is 0 Å². The van der Waals surface area contributed by atoms with Gasteiger partial charge in [0.05, 0.1) is 14.2 Å². The van der Waals surface area contributed by atoms with Gasteiger partial charge in [0, 0.05) is 0 Å². The van der Waals surface area contributed by atoms with Gasteiger partial charge in [0.25, 0.3) is 0 Å². The normalized spacial score (nSPS) is 16.1. The fourth-order valence-electron chi connectivity index (χ4n) is 2.02. The quantitative estimate of drug-likeness (QED) is 0.296. The Kier molecular flexibility index (Phi) is 4.73. The highest BCUT2D eigenvalue weighted by molar-refractivity contribution is 6.10. The molecule has 1 aliphatic rings. The summed E-state index contributed by atoms with van der Waals surface area (Å²) in [7, 11) is 2.57. The van der Waals surface area contributed by atoms with Crippen molar-refractivity contribution < 1.29 is 19.1 Å². The van der Waals surface area contributed by atoms with Crippen molar-refractivity contribution in [3.05, 3.63) is 11.6 Å². The van der Waals surface area contributed by atoms with E-state index in [9.17, 15) is 9.59 Å². The highest BCUT2D eigenvalue weighted by Gasteiger charge is 2.59. The summed E-state index contributed by atoms with van der Waals surface area (Å²) in [5.74, 6) is -1.07. The first kappa shape index (κ1) is 13.7. The summed E-state index contributed by atoms with van der Waals surface area (Å²) >= 11 is 0. The van der Waals surface area contributed by atoms with E-state index in [1.54, 1.807) is 6.08 Å². The minimum absolute atomic E-state index is 0.533. The van der Waals surface area contributed by atoms with Gasteiger partial charge in [0.15, 0.2) is 0 Å². The van der Waals surface area contributed by atoms with Gasteiger partial charge in [-0.25, -0.2) is 0 Å². The molecule has 4 heteroatoms. The maximum absolute atomic E-state index is 11.6. The van der Waals surface area contributed by atoms with Crippen molar-refractivity contribution in [2.45, 2.75) is 39.0 Å². The summed E-state index contributed by atoms with van der Waals surface area (Å²) in [5.41, 5.74) is -0.359. The molecule has 1 aliphatic carbocycles. The van der Waals surface area contributed by atoms with Gasteiger partial charge < -0.3 is 9.47 Å². The number of carbonyl (C=O) groups excluding carboxylic acids is 2. The van der Waals surface area contributed by atoms with Crippen LogP contribution >= 0.6 is 0 Å². The predicted octanol–water partition coefficient (Wildman–Crippen LogP) is 2.23. The highest BCUT2D eigenvalue weighted by atomic mass is 16.5. The van der Waals surface area contributed by atoms with E-state index in [4.69, 9.17) is 0 Å². The third-order valence-corrected chi connectivity index (χ3v) is 3.13. The van der Waals surface area contributed by atoms with Gasteiger partial charge in [-0.3, -0.25) is 9.59 Å². The Hall–Kier alpha value is -1.32. The molecule has 0 aromatic carbocycles. The molecule has 96 valence electrons. The number of hydrogen-bond donors (Lipinski definition) is 0. The molecule has 0 aromatic heterocycles. The van der Waals surface area contributed by atoms with Crippen molar-refractivity contribution >= 4 is 11.9 Å². The zero-order valence-corrected chi connectivity index (χ0v) is 10.7. The Bertz CT molecular complexity index is 314. The first-order chi connectivity index (χ1) is 8.13. The number of carbonyl (C=O) groups is 2. The summed E-state index contributed by atoms with van der Waals surface area (Å²) in [6.45, 7) is 2.14. The van der Waals surface area contributed by atoms with Crippen LogP contribution in [0.5, 0.6) is 0 Å². The fraction of sp³-hybridized carbons (Fsp3) is 0.692. The van der Waals surface area contributed by atoms with Gasteiger partial charge in [0.2, 0.25) is 5.41 Å². The number of ether oxygens (including phenoxy) is 2. The van der Waals surface area contributed by atoms with Gasteiger partial charge >= 0.3 is 11.9 Å². The van der Waals surface area contributed by atoms with Crippen LogP contribution in [0, 0.1) is 5.41 Å². The number of methoxy groups -OCH3 is 2. The maximum atomic E-state index is 11.6. The lowest BCUT2D eigenvalue weighted by Gasteiger charge is -2.13. The molecule has 0 fully saturated rings. The first-order valence-corrected chi connectivity index (χ1v) is 6.02. The molecule has 0 N–H and O–H groups in total. The van der Waals surface area contributed by atoms with E-state index in [0.717, 1.165) is 31.3 Å². The second-order valence-electron chi connectivity index (χ2n) is 4.27. The van der Waals surface area contributed by atoms with E-state index in [0.29, 0.717) is 0 Å². The maximum Gasteiger partial charge on any atom is 0.331 e. The Balaban J connectivity index is 2.51. The monoisotopic (exact) mass is 240 g/mol. The lowest BCUT2D eigenvalue weighted by Crippen LogP contribution is -2.31. The van der Waals surface area contributed by atoms with E-state index in [1.807, 2.05) is 0 Å².